The molecule has 0 aliphatic heterocycles. The molecule has 1 atom stereocenters. The molecule has 1 aromatic heterocycles. The van der Waals surface area contributed by atoms with Crippen molar-refractivity contribution < 1.29 is 4.74 Å². The molecule has 0 saturated carbocycles. The standard InChI is InChI=1S/C16H23N3O/c1-4-20-12-15-8-6-5-7-14(15)11-17-13(2)16-9-10-18-19(16)3/h5-10,13,17H,4,11-12H2,1-3H3. The van der Waals surface area contributed by atoms with Crippen molar-refractivity contribution in [2.75, 3.05) is 6.61 Å². The second-order valence-corrected chi connectivity index (χ2v) is 4.89. The molecule has 1 N–H and O–H groups in total. The van der Waals surface area contributed by atoms with Gasteiger partial charge in [-0.1, -0.05) is 24.3 Å². The Bertz CT molecular complexity index is 536. The summed E-state index contributed by atoms with van der Waals surface area (Å²) in [6, 6.07) is 10.7. The average molecular weight is 273 g/mol. The Morgan fingerprint density at radius 2 is 2.00 bits per heavy atom. The number of hydrogen-bond donors (Lipinski definition) is 1. The number of hydrogen-bond acceptors (Lipinski definition) is 3. The second kappa shape index (κ2) is 7.22. The van der Waals surface area contributed by atoms with Crippen LogP contribution in [0.5, 0.6) is 0 Å². The van der Waals surface area contributed by atoms with E-state index in [0.717, 1.165) is 13.2 Å². The van der Waals surface area contributed by atoms with E-state index in [1.54, 1.807) is 0 Å². The zero-order valence-electron chi connectivity index (χ0n) is 12.5. The van der Waals surface area contributed by atoms with Crippen molar-refractivity contribution in [1.29, 1.82) is 0 Å². The molecule has 0 saturated heterocycles. The van der Waals surface area contributed by atoms with Gasteiger partial charge in [0, 0.05) is 32.4 Å². The van der Waals surface area contributed by atoms with Gasteiger partial charge in [0.15, 0.2) is 0 Å². The van der Waals surface area contributed by atoms with Gasteiger partial charge >= 0.3 is 0 Å². The van der Waals surface area contributed by atoms with Crippen molar-refractivity contribution in [3.8, 4) is 0 Å². The highest BCUT2D eigenvalue weighted by Crippen LogP contribution is 2.14. The third kappa shape index (κ3) is 3.68. The number of aryl methyl sites for hydroxylation is 1. The van der Waals surface area contributed by atoms with E-state index in [9.17, 15) is 0 Å². The van der Waals surface area contributed by atoms with Crippen LogP contribution in [0.4, 0.5) is 0 Å². The molecule has 1 heterocycles. The predicted molar refractivity (Wildman–Crippen MR) is 80.2 cm³/mol. The second-order valence-electron chi connectivity index (χ2n) is 4.89. The number of rotatable bonds is 7. The summed E-state index contributed by atoms with van der Waals surface area (Å²) in [5, 5.41) is 7.75. The lowest BCUT2D eigenvalue weighted by molar-refractivity contribution is 0.133. The van der Waals surface area contributed by atoms with Crippen molar-refractivity contribution in [3.05, 3.63) is 53.3 Å². The smallest absolute Gasteiger partial charge is 0.0719 e. The number of ether oxygens (including phenoxy) is 1. The molecule has 0 radical (unpaired) electrons. The van der Waals surface area contributed by atoms with Gasteiger partial charge in [-0.15, -0.1) is 0 Å². The van der Waals surface area contributed by atoms with Crippen LogP contribution in [0, 0.1) is 0 Å². The van der Waals surface area contributed by atoms with Crippen LogP contribution in [0.15, 0.2) is 36.5 Å². The quantitative estimate of drug-likeness (QED) is 0.843. The zero-order valence-corrected chi connectivity index (χ0v) is 12.5. The first-order valence-electron chi connectivity index (χ1n) is 7.08. The minimum Gasteiger partial charge on any atom is -0.377 e. The summed E-state index contributed by atoms with van der Waals surface area (Å²) < 4.78 is 7.42. The fraction of sp³-hybridized carbons (Fsp3) is 0.438. The molecular formula is C16H23N3O. The van der Waals surface area contributed by atoms with Gasteiger partial charge in [-0.2, -0.15) is 5.10 Å². The minimum atomic E-state index is 0.266. The van der Waals surface area contributed by atoms with Crippen LogP contribution >= 0.6 is 0 Å². The summed E-state index contributed by atoms with van der Waals surface area (Å²) in [6.07, 6.45) is 1.83. The molecule has 0 bridgehead atoms. The van der Waals surface area contributed by atoms with E-state index in [4.69, 9.17) is 4.74 Å². The zero-order chi connectivity index (χ0) is 14.4. The fourth-order valence-electron chi connectivity index (χ4n) is 2.26. The highest BCUT2D eigenvalue weighted by molar-refractivity contribution is 5.26. The summed E-state index contributed by atoms with van der Waals surface area (Å²) in [7, 11) is 1.97. The summed E-state index contributed by atoms with van der Waals surface area (Å²) in [5.74, 6) is 0. The topological polar surface area (TPSA) is 39.1 Å². The molecular weight excluding hydrogens is 250 g/mol. The molecule has 108 valence electrons. The lowest BCUT2D eigenvalue weighted by atomic mass is 10.1. The molecule has 1 unspecified atom stereocenters. The van der Waals surface area contributed by atoms with Gasteiger partial charge in [0.1, 0.15) is 0 Å². The summed E-state index contributed by atoms with van der Waals surface area (Å²) in [5.41, 5.74) is 3.72. The summed E-state index contributed by atoms with van der Waals surface area (Å²) in [4.78, 5) is 0. The number of aromatic nitrogens is 2. The first-order chi connectivity index (χ1) is 9.72. The molecule has 2 rings (SSSR count). The van der Waals surface area contributed by atoms with Crippen LogP contribution in [0.1, 0.15) is 36.7 Å². The van der Waals surface area contributed by atoms with E-state index in [1.807, 2.05) is 30.9 Å². The van der Waals surface area contributed by atoms with Gasteiger partial charge in [0.25, 0.3) is 0 Å². The molecule has 0 amide bonds. The van der Waals surface area contributed by atoms with Gasteiger partial charge in [-0.25, -0.2) is 0 Å². The Morgan fingerprint density at radius 3 is 2.65 bits per heavy atom. The SMILES string of the molecule is CCOCc1ccccc1CNC(C)c1ccnn1C. The lowest BCUT2D eigenvalue weighted by Gasteiger charge is -2.16. The number of nitrogens with one attached hydrogen (secondary N) is 1. The van der Waals surface area contributed by atoms with Gasteiger partial charge in [-0.3, -0.25) is 4.68 Å². The molecule has 20 heavy (non-hydrogen) atoms. The highest BCUT2D eigenvalue weighted by atomic mass is 16.5. The number of nitrogens with zero attached hydrogens (tertiary/aromatic N) is 2. The molecule has 0 aliphatic carbocycles. The molecule has 0 spiro atoms. The Labute approximate surface area is 120 Å². The van der Waals surface area contributed by atoms with Crippen LogP contribution in [0.25, 0.3) is 0 Å². The Balaban J connectivity index is 1.98. The Kier molecular flexibility index (Phi) is 5.32. The Hall–Kier alpha value is -1.65. The van der Waals surface area contributed by atoms with Gasteiger partial charge in [0.2, 0.25) is 0 Å². The van der Waals surface area contributed by atoms with Crippen molar-refractivity contribution in [2.24, 2.45) is 7.05 Å². The minimum absolute atomic E-state index is 0.266. The van der Waals surface area contributed by atoms with Crippen LogP contribution < -0.4 is 5.32 Å². The van der Waals surface area contributed by atoms with Crippen LogP contribution in [-0.2, 0) is 24.9 Å². The van der Waals surface area contributed by atoms with Crippen molar-refractivity contribution in [1.82, 2.24) is 15.1 Å². The normalized spacial score (nSPS) is 12.6. The number of benzene rings is 1. The molecule has 0 aliphatic rings. The highest BCUT2D eigenvalue weighted by Gasteiger charge is 2.09. The maximum Gasteiger partial charge on any atom is 0.0719 e. The van der Waals surface area contributed by atoms with Gasteiger partial charge < -0.3 is 10.1 Å². The Morgan fingerprint density at radius 1 is 1.25 bits per heavy atom. The van der Waals surface area contributed by atoms with Crippen LogP contribution in [0.2, 0.25) is 0 Å². The molecule has 1 aromatic carbocycles. The first kappa shape index (κ1) is 14.8. The van der Waals surface area contributed by atoms with Crippen LogP contribution in [0.3, 0.4) is 0 Å². The maximum atomic E-state index is 5.52. The largest absolute Gasteiger partial charge is 0.377 e. The summed E-state index contributed by atoms with van der Waals surface area (Å²) >= 11 is 0. The fourth-order valence-corrected chi connectivity index (χ4v) is 2.26. The van der Waals surface area contributed by atoms with Crippen molar-refractivity contribution in [3.63, 3.8) is 0 Å². The van der Waals surface area contributed by atoms with Gasteiger partial charge in [-0.05, 0) is 31.0 Å². The molecule has 0 fully saturated rings. The predicted octanol–water partition coefficient (Wildman–Crippen LogP) is 2.81. The molecule has 4 heteroatoms. The average Bonchev–Trinajstić information content (AvgIpc) is 2.89. The molecule has 4 nitrogen and oxygen atoms in total. The van der Waals surface area contributed by atoms with E-state index >= 15 is 0 Å². The van der Waals surface area contributed by atoms with Crippen molar-refractivity contribution in [2.45, 2.75) is 33.0 Å². The summed E-state index contributed by atoms with van der Waals surface area (Å²) in [6.45, 7) is 6.42. The van der Waals surface area contributed by atoms with E-state index in [0.29, 0.717) is 6.61 Å². The third-order valence-corrected chi connectivity index (χ3v) is 3.48. The van der Waals surface area contributed by atoms with E-state index < -0.39 is 0 Å². The van der Waals surface area contributed by atoms with E-state index in [2.05, 4.69) is 41.6 Å². The third-order valence-electron chi connectivity index (χ3n) is 3.48. The molecule has 2 aromatic rings. The van der Waals surface area contributed by atoms with Gasteiger partial charge in [0.05, 0.1) is 12.3 Å². The van der Waals surface area contributed by atoms with E-state index in [1.165, 1.54) is 16.8 Å². The van der Waals surface area contributed by atoms with Crippen LogP contribution in [-0.4, -0.2) is 16.4 Å². The van der Waals surface area contributed by atoms with E-state index in [-0.39, 0.29) is 6.04 Å². The lowest BCUT2D eigenvalue weighted by Crippen LogP contribution is -2.21. The van der Waals surface area contributed by atoms with Crippen molar-refractivity contribution >= 4 is 0 Å². The first-order valence-corrected chi connectivity index (χ1v) is 7.08. The monoisotopic (exact) mass is 273 g/mol. The maximum absolute atomic E-state index is 5.52.